The van der Waals surface area contributed by atoms with E-state index in [9.17, 15) is 4.79 Å². The maximum atomic E-state index is 14.1. The molecule has 0 atom stereocenters. The molecule has 37 heavy (non-hydrogen) atoms. The Bertz CT molecular complexity index is 1460. The first-order valence-corrected chi connectivity index (χ1v) is 13.5. The van der Waals surface area contributed by atoms with E-state index in [1.54, 1.807) is 4.57 Å². The number of tetrazole rings is 1. The molecule has 5 rings (SSSR count). The highest BCUT2D eigenvalue weighted by Gasteiger charge is 2.32. The van der Waals surface area contributed by atoms with Gasteiger partial charge in [-0.3, -0.25) is 9.13 Å². The van der Waals surface area contributed by atoms with Crippen LogP contribution >= 0.6 is 15.9 Å². The Hall–Kier alpha value is -3.66. The summed E-state index contributed by atoms with van der Waals surface area (Å²) >= 11 is 3.68. The van der Waals surface area contributed by atoms with Gasteiger partial charge in [0.2, 0.25) is 5.82 Å². The van der Waals surface area contributed by atoms with Gasteiger partial charge in [-0.25, -0.2) is 4.79 Å². The summed E-state index contributed by atoms with van der Waals surface area (Å²) in [7, 11) is 0. The maximum Gasteiger partial charge on any atom is 0.334 e. The van der Waals surface area contributed by atoms with E-state index >= 15 is 0 Å². The summed E-state index contributed by atoms with van der Waals surface area (Å²) in [6.45, 7) is 5.62. The molecule has 1 aromatic carbocycles. The number of H-pyrrole nitrogens is 1. The molecule has 3 aromatic heterocycles. The highest BCUT2D eigenvalue weighted by Crippen LogP contribution is 2.34. The smallest absolute Gasteiger partial charge is 0.334 e. The molecule has 0 unspecified atom stereocenters. The lowest BCUT2D eigenvalue weighted by molar-refractivity contribution is 0.495. The van der Waals surface area contributed by atoms with Crippen LogP contribution < -0.4 is 11.0 Å². The molecule has 9 nitrogen and oxygen atoms in total. The largest absolute Gasteiger partial charge is 0.368 e. The number of hydrogen-bond acceptors (Lipinski definition) is 5. The van der Waals surface area contributed by atoms with Gasteiger partial charge < -0.3 is 9.88 Å². The quantitative estimate of drug-likeness (QED) is 0.292. The van der Waals surface area contributed by atoms with Crippen molar-refractivity contribution in [3.63, 3.8) is 0 Å². The van der Waals surface area contributed by atoms with Gasteiger partial charge >= 0.3 is 5.69 Å². The van der Waals surface area contributed by atoms with Gasteiger partial charge in [-0.05, 0) is 70.5 Å². The molecule has 2 N–H and O–H groups in total. The first-order chi connectivity index (χ1) is 18.1. The van der Waals surface area contributed by atoms with E-state index in [2.05, 4.69) is 84.6 Å². The first-order valence-electron chi connectivity index (χ1n) is 12.7. The van der Waals surface area contributed by atoms with Gasteiger partial charge in [-0.2, -0.15) is 5.21 Å². The number of aromatic amines is 1. The van der Waals surface area contributed by atoms with E-state index in [0.717, 1.165) is 59.3 Å². The molecule has 0 saturated heterocycles. The normalized spacial score (nSPS) is 14.2. The third-order valence-electron chi connectivity index (χ3n) is 6.80. The third kappa shape index (κ3) is 4.85. The number of hydrogen-bond donors (Lipinski definition) is 2. The first kappa shape index (κ1) is 25.0. The minimum Gasteiger partial charge on any atom is -0.368 e. The van der Waals surface area contributed by atoms with Gasteiger partial charge in [0.1, 0.15) is 5.82 Å². The molecule has 0 saturated carbocycles. The van der Waals surface area contributed by atoms with Crippen molar-refractivity contribution in [2.24, 2.45) is 0 Å². The summed E-state index contributed by atoms with van der Waals surface area (Å²) < 4.78 is 6.77. The molecule has 4 aromatic rings. The van der Waals surface area contributed by atoms with Crippen molar-refractivity contribution >= 4 is 15.9 Å². The Balaban J connectivity index is 1.62. The third-order valence-corrected chi connectivity index (χ3v) is 7.42. The van der Waals surface area contributed by atoms with Crippen molar-refractivity contribution in [3.8, 4) is 17.2 Å². The van der Waals surface area contributed by atoms with Gasteiger partial charge in [0, 0.05) is 36.7 Å². The van der Waals surface area contributed by atoms with Crippen LogP contribution in [0.25, 0.3) is 17.2 Å². The Morgan fingerprint density at radius 3 is 2.68 bits per heavy atom. The van der Waals surface area contributed by atoms with Crippen LogP contribution in [0.4, 0.5) is 0 Å². The molecular formula is C27H31BrN8O. The number of allylic oxidation sites excluding steroid dienone is 2. The number of halogens is 1. The summed E-state index contributed by atoms with van der Waals surface area (Å²) in [4.78, 5) is 14.1. The zero-order chi connectivity index (χ0) is 25.8. The van der Waals surface area contributed by atoms with Gasteiger partial charge in [0.25, 0.3) is 0 Å². The number of nitrogens with zero attached hydrogens (tertiary/aromatic N) is 6. The van der Waals surface area contributed by atoms with Crippen LogP contribution in [0.3, 0.4) is 0 Å². The Morgan fingerprint density at radius 2 is 1.95 bits per heavy atom. The average molecular weight is 564 g/mol. The number of nitrogens with one attached hydrogen (secondary N) is 2. The SMILES string of the molecule is CCCCc1cn(-c2c(Br)ccn2CCC)c(=O)n1CC1(c2cccc(-c3nn[nH]n3)c2)C=CNC=C1. The molecule has 0 amide bonds. The second-order valence-corrected chi connectivity index (χ2v) is 10.2. The monoisotopic (exact) mass is 562 g/mol. The molecule has 0 aliphatic carbocycles. The van der Waals surface area contributed by atoms with E-state index in [4.69, 9.17) is 0 Å². The summed E-state index contributed by atoms with van der Waals surface area (Å²) in [5.41, 5.74) is 2.35. The van der Waals surface area contributed by atoms with Crippen LogP contribution in [0, 0.1) is 0 Å². The molecule has 0 bridgehead atoms. The molecule has 0 spiro atoms. The Kier molecular flexibility index (Phi) is 7.27. The predicted octanol–water partition coefficient (Wildman–Crippen LogP) is 4.70. The van der Waals surface area contributed by atoms with E-state index in [1.807, 2.05) is 47.6 Å². The zero-order valence-electron chi connectivity index (χ0n) is 21.1. The summed E-state index contributed by atoms with van der Waals surface area (Å²) in [6, 6.07) is 10.1. The van der Waals surface area contributed by atoms with Crippen LogP contribution in [-0.2, 0) is 24.9 Å². The average Bonchev–Trinajstić information content (AvgIpc) is 3.65. The zero-order valence-corrected chi connectivity index (χ0v) is 22.6. The number of dihydropyridines is 1. The predicted molar refractivity (Wildman–Crippen MR) is 147 cm³/mol. The lowest BCUT2D eigenvalue weighted by atomic mass is 9.78. The van der Waals surface area contributed by atoms with Crippen molar-refractivity contribution in [2.75, 3.05) is 0 Å². The van der Waals surface area contributed by atoms with Crippen LogP contribution in [0.2, 0.25) is 0 Å². The van der Waals surface area contributed by atoms with Gasteiger partial charge in [-0.15, -0.1) is 10.2 Å². The van der Waals surface area contributed by atoms with Crippen LogP contribution in [0.1, 0.15) is 44.4 Å². The summed E-state index contributed by atoms with van der Waals surface area (Å²) in [5.74, 6) is 1.40. The fraction of sp³-hybridized carbons (Fsp3) is 0.333. The topological polar surface area (TPSA) is 98.4 Å². The lowest BCUT2D eigenvalue weighted by Gasteiger charge is -2.31. The van der Waals surface area contributed by atoms with Crippen molar-refractivity contribution in [1.82, 2.24) is 39.6 Å². The molecular weight excluding hydrogens is 532 g/mol. The Labute approximate surface area is 224 Å². The molecule has 192 valence electrons. The fourth-order valence-electron chi connectivity index (χ4n) is 4.91. The summed E-state index contributed by atoms with van der Waals surface area (Å²) in [5, 5.41) is 17.7. The highest BCUT2D eigenvalue weighted by molar-refractivity contribution is 9.10. The number of aryl methyl sites for hydroxylation is 2. The maximum absolute atomic E-state index is 14.1. The number of imidazole rings is 1. The molecule has 0 radical (unpaired) electrons. The number of benzene rings is 1. The lowest BCUT2D eigenvalue weighted by Crippen LogP contribution is -2.36. The molecule has 1 aliphatic heterocycles. The fourth-order valence-corrected chi connectivity index (χ4v) is 5.44. The number of unbranched alkanes of at least 4 members (excludes halogenated alkanes) is 1. The second kappa shape index (κ2) is 10.8. The minimum atomic E-state index is -0.537. The standard InChI is InChI=1S/C27H31BrN8O/c1-3-5-9-22-18-35(25-23(28)10-16-34(25)15-4-2)26(37)36(22)19-27(11-13-29-14-12-27)21-8-6-7-20(17-21)24-30-32-33-31-24/h6-8,10-14,16-18,29H,3-5,9,15,19H2,1-2H3,(H,30,31,32,33). The van der Waals surface area contributed by atoms with Crippen molar-refractivity contribution < 1.29 is 0 Å². The molecule has 1 aliphatic rings. The van der Waals surface area contributed by atoms with Crippen molar-refractivity contribution in [1.29, 1.82) is 0 Å². The van der Waals surface area contributed by atoms with Crippen LogP contribution in [0.5, 0.6) is 0 Å². The van der Waals surface area contributed by atoms with Crippen molar-refractivity contribution in [3.05, 3.63) is 93.5 Å². The van der Waals surface area contributed by atoms with Crippen LogP contribution in [0.15, 0.2) is 76.5 Å². The number of aromatic nitrogens is 7. The molecule has 4 heterocycles. The van der Waals surface area contributed by atoms with Gasteiger partial charge in [0.05, 0.1) is 9.89 Å². The van der Waals surface area contributed by atoms with Gasteiger partial charge in [0.15, 0.2) is 0 Å². The number of rotatable bonds is 10. The van der Waals surface area contributed by atoms with E-state index in [0.29, 0.717) is 12.4 Å². The molecule has 0 fully saturated rings. The van der Waals surface area contributed by atoms with Gasteiger partial charge in [-0.1, -0.05) is 50.6 Å². The highest BCUT2D eigenvalue weighted by atomic mass is 79.9. The molecule has 10 heteroatoms. The Morgan fingerprint density at radius 1 is 1.11 bits per heavy atom. The minimum absolute atomic E-state index is 0.0445. The van der Waals surface area contributed by atoms with E-state index in [-0.39, 0.29) is 5.69 Å². The van der Waals surface area contributed by atoms with Crippen molar-refractivity contribution in [2.45, 2.75) is 58.0 Å². The van der Waals surface area contributed by atoms with E-state index < -0.39 is 5.41 Å². The second-order valence-electron chi connectivity index (χ2n) is 9.33. The van der Waals surface area contributed by atoms with Crippen LogP contribution in [-0.4, -0.2) is 34.3 Å². The summed E-state index contributed by atoms with van der Waals surface area (Å²) in [6.07, 6.45) is 16.0. The van der Waals surface area contributed by atoms with E-state index in [1.165, 1.54) is 0 Å².